The SMILES string of the molecule is C=C(O)CN(C)c1ncnc(N2CCC(C(=O)O)CC2)n1. The van der Waals surface area contributed by atoms with E-state index < -0.39 is 5.97 Å². The lowest BCUT2D eigenvalue weighted by atomic mass is 9.97. The summed E-state index contributed by atoms with van der Waals surface area (Å²) < 4.78 is 0. The number of aliphatic carboxylic acids is 1. The third-order valence-electron chi connectivity index (χ3n) is 3.43. The maximum absolute atomic E-state index is 10.9. The number of hydrogen-bond acceptors (Lipinski definition) is 7. The van der Waals surface area contributed by atoms with Gasteiger partial charge < -0.3 is 20.0 Å². The summed E-state index contributed by atoms with van der Waals surface area (Å²) in [6.07, 6.45) is 2.58. The predicted molar refractivity (Wildman–Crippen MR) is 77.4 cm³/mol. The van der Waals surface area contributed by atoms with Crippen LogP contribution in [0.15, 0.2) is 18.7 Å². The minimum atomic E-state index is -0.743. The second-order valence-electron chi connectivity index (χ2n) is 5.11. The number of nitrogens with zero attached hydrogens (tertiary/aromatic N) is 5. The van der Waals surface area contributed by atoms with Gasteiger partial charge in [0.05, 0.1) is 12.5 Å². The Hall–Kier alpha value is -2.38. The van der Waals surface area contributed by atoms with Crippen LogP contribution < -0.4 is 9.80 Å². The molecule has 1 saturated heterocycles. The molecule has 0 atom stereocenters. The minimum absolute atomic E-state index is 0.0294. The summed E-state index contributed by atoms with van der Waals surface area (Å²) >= 11 is 0. The number of carbonyl (C=O) groups is 1. The molecular formula is C13H19N5O3. The van der Waals surface area contributed by atoms with Crippen molar-refractivity contribution in [1.82, 2.24) is 15.0 Å². The first-order valence-corrected chi connectivity index (χ1v) is 6.72. The largest absolute Gasteiger partial charge is 0.511 e. The standard InChI is InChI=1S/C13H19N5O3/c1-9(19)7-17(2)12-14-8-15-13(16-12)18-5-3-10(4-6-18)11(20)21/h8,10,19H,1,3-7H2,2H3,(H,20,21). The van der Waals surface area contributed by atoms with Crippen LogP contribution in [0.1, 0.15) is 12.8 Å². The molecule has 1 aliphatic heterocycles. The predicted octanol–water partition coefficient (Wildman–Crippen LogP) is 0.681. The van der Waals surface area contributed by atoms with Gasteiger partial charge >= 0.3 is 5.97 Å². The van der Waals surface area contributed by atoms with Gasteiger partial charge in [-0.05, 0) is 12.8 Å². The van der Waals surface area contributed by atoms with Gasteiger partial charge in [-0.15, -0.1) is 0 Å². The maximum atomic E-state index is 10.9. The van der Waals surface area contributed by atoms with Gasteiger partial charge in [-0.3, -0.25) is 4.79 Å². The molecule has 21 heavy (non-hydrogen) atoms. The Bertz CT molecular complexity index is 528. The first kappa shape index (κ1) is 15.0. The highest BCUT2D eigenvalue weighted by Gasteiger charge is 2.26. The van der Waals surface area contributed by atoms with Gasteiger partial charge in [0.25, 0.3) is 0 Å². The molecule has 1 aromatic rings. The van der Waals surface area contributed by atoms with Gasteiger partial charge in [-0.1, -0.05) is 6.58 Å². The van der Waals surface area contributed by atoms with E-state index in [1.165, 1.54) is 6.33 Å². The maximum Gasteiger partial charge on any atom is 0.306 e. The molecule has 2 heterocycles. The van der Waals surface area contributed by atoms with Crippen LogP contribution >= 0.6 is 0 Å². The Kier molecular flexibility index (Phi) is 4.56. The molecule has 1 aromatic heterocycles. The zero-order valence-corrected chi connectivity index (χ0v) is 11.9. The van der Waals surface area contributed by atoms with Crippen molar-refractivity contribution in [3.05, 3.63) is 18.7 Å². The van der Waals surface area contributed by atoms with E-state index in [4.69, 9.17) is 5.11 Å². The third kappa shape index (κ3) is 3.80. The van der Waals surface area contributed by atoms with Crippen LogP contribution in [0.25, 0.3) is 0 Å². The highest BCUT2D eigenvalue weighted by atomic mass is 16.4. The zero-order valence-electron chi connectivity index (χ0n) is 11.9. The van der Waals surface area contributed by atoms with E-state index in [1.54, 1.807) is 11.9 Å². The van der Waals surface area contributed by atoms with Crippen molar-refractivity contribution in [3.8, 4) is 0 Å². The Morgan fingerprint density at radius 3 is 2.67 bits per heavy atom. The zero-order chi connectivity index (χ0) is 15.4. The summed E-state index contributed by atoms with van der Waals surface area (Å²) in [5.74, 6) is -0.0355. The Morgan fingerprint density at radius 2 is 2.10 bits per heavy atom. The topological polar surface area (TPSA) is 103 Å². The van der Waals surface area contributed by atoms with Gasteiger partial charge in [0.1, 0.15) is 12.1 Å². The molecule has 0 spiro atoms. The molecule has 0 aromatic carbocycles. The summed E-state index contributed by atoms with van der Waals surface area (Å²) in [4.78, 5) is 27.1. The number of rotatable bonds is 5. The van der Waals surface area contributed by atoms with E-state index in [1.807, 2.05) is 4.90 Å². The summed E-state index contributed by atoms with van der Waals surface area (Å²) in [6, 6.07) is 0. The van der Waals surface area contributed by atoms with Crippen molar-refractivity contribution in [3.63, 3.8) is 0 Å². The molecule has 0 saturated carbocycles. The molecule has 8 nitrogen and oxygen atoms in total. The van der Waals surface area contributed by atoms with E-state index in [2.05, 4.69) is 21.5 Å². The van der Waals surface area contributed by atoms with E-state index in [0.29, 0.717) is 37.8 Å². The van der Waals surface area contributed by atoms with Gasteiger partial charge in [0.2, 0.25) is 11.9 Å². The first-order chi connectivity index (χ1) is 9.97. The highest BCUT2D eigenvalue weighted by Crippen LogP contribution is 2.21. The Labute approximate surface area is 122 Å². The molecule has 114 valence electrons. The van der Waals surface area contributed by atoms with Crippen molar-refractivity contribution in [2.75, 3.05) is 36.5 Å². The molecule has 1 aliphatic rings. The fourth-order valence-corrected chi connectivity index (χ4v) is 2.29. The van der Waals surface area contributed by atoms with Gasteiger partial charge in [-0.25, -0.2) is 9.97 Å². The van der Waals surface area contributed by atoms with Crippen molar-refractivity contribution in [2.45, 2.75) is 12.8 Å². The fourth-order valence-electron chi connectivity index (χ4n) is 2.29. The number of aromatic nitrogens is 3. The summed E-state index contributed by atoms with van der Waals surface area (Å²) in [6.45, 7) is 4.89. The number of hydrogen-bond donors (Lipinski definition) is 2. The average molecular weight is 293 g/mol. The van der Waals surface area contributed by atoms with Gasteiger partial charge in [0, 0.05) is 20.1 Å². The molecule has 2 N–H and O–H groups in total. The number of likely N-dealkylation sites (N-methyl/N-ethyl adjacent to an activating group) is 1. The van der Waals surface area contributed by atoms with E-state index >= 15 is 0 Å². The lowest BCUT2D eigenvalue weighted by molar-refractivity contribution is -0.142. The fraction of sp³-hybridized carbons (Fsp3) is 0.538. The van der Waals surface area contributed by atoms with Crippen molar-refractivity contribution in [1.29, 1.82) is 0 Å². The van der Waals surface area contributed by atoms with Crippen LogP contribution in [0.5, 0.6) is 0 Å². The highest BCUT2D eigenvalue weighted by molar-refractivity contribution is 5.70. The first-order valence-electron chi connectivity index (χ1n) is 6.72. The molecule has 8 heteroatoms. The van der Waals surface area contributed by atoms with Crippen LogP contribution in [0.2, 0.25) is 0 Å². The van der Waals surface area contributed by atoms with Crippen LogP contribution in [-0.4, -0.2) is 57.8 Å². The average Bonchev–Trinajstić information content (AvgIpc) is 2.47. The lowest BCUT2D eigenvalue weighted by Crippen LogP contribution is -2.37. The van der Waals surface area contributed by atoms with Crippen LogP contribution in [-0.2, 0) is 4.79 Å². The van der Waals surface area contributed by atoms with E-state index in [-0.39, 0.29) is 18.2 Å². The second kappa shape index (κ2) is 6.38. The lowest BCUT2D eigenvalue weighted by Gasteiger charge is -2.30. The number of anilines is 2. The molecule has 0 radical (unpaired) electrons. The second-order valence-corrected chi connectivity index (χ2v) is 5.11. The number of piperidine rings is 1. The Morgan fingerprint density at radius 1 is 1.43 bits per heavy atom. The molecular weight excluding hydrogens is 274 g/mol. The van der Waals surface area contributed by atoms with Crippen LogP contribution in [0.3, 0.4) is 0 Å². The number of carboxylic acid groups (broad SMARTS) is 1. The summed E-state index contributed by atoms with van der Waals surface area (Å²) in [5, 5.41) is 18.2. The van der Waals surface area contributed by atoms with Crippen LogP contribution in [0, 0.1) is 5.92 Å². The van der Waals surface area contributed by atoms with Crippen LogP contribution in [0.4, 0.5) is 11.9 Å². The van der Waals surface area contributed by atoms with Crippen molar-refractivity contribution >= 4 is 17.9 Å². The smallest absolute Gasteiger partial charge is 0.306 e. The Balaban J connectivity index is 2.04. The third-order valence-corrected chi connectivity index (χ3v) is 3.43. The molecule has 0 amide bonds. The monoisotopic (exact) mass is 293 g/mol. The molecule has 0 bridgehead atoms. The number of aliphatic hydroxyl groups excluding tert-OH is 1. The van der Waals surface area contributed by atoms with Gasteiger partial charge in [0.15, 0.2) is 0 Å². The number of aliphatic hydroxyl groups is 1. The minimum Gasteiger partial charge on any atom is -0.511 e. The normalized spacial score (nSPS) is 15.8. The molecule has 2 rings (SSSR count). The van der Waals surface area contributed by atoms with Gasteiger partial charge in [-0.2, -0.15) is 4.98 Å². The van der Waals surface area contributed by atoms with Crippen molar-refractivity contribution in [2.24, 2.45) is 5.92 Å². The quantitative estimate of drug-likeness (QED) is 0.764. The molecule has 1 fully saturated rings. The summed E-state index contributed by atoms with van der Waals surface area (Å²) in [5.41, 5.74) is 0. The number of carboxylic acids is 1. The molecule has 0 unspecified atom stereocenters. The van der Waals surface area contributed by atoms with E-state index in [0.717, 1.165) is 0 Å². The molecule has 0 aliphatic carbocycles. The van der Waals surface area contributed by atoms with E-state index in [9.17, 15) is 9.90 Å². The summed E-state index contributed by atoms with van der Waals surface area (Å²) in [7, 11) is 1.75. The van der Waals surface area contributed by atoms with Crippen molar-refractivity contribution < 1.29 is 15.0 Å².